The van der Waals surface area contributed by atoms with E-state index in [1.807, 2.05) is 6.07 Å². The maximum absolute atomic E-state index is 12.4. The molecule has 1 aromatic carbocycles. The molecule has 5 heteroatoms. The Hall–Kier alpha value is -1.20. The zero-order valence-corrected chi connectivity index (χ0v) is 10.5. The maximum Gasteiger partial charge on any atom is 0.387 e. The Kier molecular flexibility index (Phi) is 3.66. The Labute approximate surface area is 110 Å². The third-order valence-corrected chi connectivity index (χ3v) is 3.64. The molecule has 0 spiro atoms. The number of benzene rings is 1. The summed E-state index contributed by atoms with van der Waals surface area (Å²) in [6, 6.07) is 6.86. The second-order valence-corrected chi connectivity index (χ2v) is 5.08. The molecule has 1 saturated heterocycles. The monoisotopic (exact) mass is 269 g/mol. The van der Waals surface area contributed by atoms with Gasteiger partial charge >= 0.3 is 6.61 Å². The third kappa shape index (κ3) is 3.04. The SMILES string of the molecule is FC(F)Oc1ccccc1C1CNCC(C2CC2)O1. The predicted molar refractivity (Wildman–Crippen MR) is 66.3 cm³/mol. The Morgan fingerprint density at radius 2 is 2.00 bits per heavy atom. The second kappa shape index (κ2) is 5.43. The van der Waals surface area contributed by atoms with Gasteiger partial charge in [0.2, 0.25) is 0 Å². The largest absolute Gasteiger partial charge is 0.434 e. The molecule has 19 heavy (non-hydrogen) atoms. The lowest BCUT2D eigenvalue weighted by molar-refractivity contribution is -0.0643. The van der Waals surface area contributed by atoms with Gasteiger partial charge in [0, 0.05) is 18.7 Å². The molecule has 0 amide bonds. The van der Waals surface area contributed by atoms with Gasteiger partial charge in [-0.15, -0.1) is 0 Å². The molecular weight excluding hydrogens is 252 g/mol. The minimum Gasteiger partial charge on any atom is -0.434 e. The normalized spacial score (nSPS) is 27.5. The number of rotatable bonds is 4. The van der Waals surface area contributed by atoms with Crippen molar-refractivity contribution in [3.05, 3.63) is 29.8 Å². The van der Waals surface area contributed by atoms with E-state index in [0.717, 1.165) is 6.54 Å². The molecule has 1 saturated carbocycles. The average Bonchev–Trinajstić information content (AvgIpc) is 3.23. The number of para-hydroxylation sites is 1. The smallest absolute Gasteiger partial charge is 0.387 e. The third-order valence-electron chi connectivity index (χ3n) is 3.64. The Morgan fingerprint density at radius 1 is 1.21 bits per heavy atom. The van der Waals surface area contributed by atoms with E-state index in [9.17, 15) is 8.78 Å². The van der Waals surface area contributed by atoms with Crippen LogP contribution < -0.4 is 10.1 Å². The van der Waals surface area contributed by atoms with Crippen molar-refractivity contribution < 1.29 is 18.3 Å². The molecule has 1 heterocycles. The molecular formula is C14H17F2NO2. The van der Waals surface area contributed by atoms with Crippen LogP contribution in [0.1, 0.15) is 24.5 Å². The zero-order chi connectivity index (χ0) is 13.2. The van der Waals surface area contributed by atoms with Crippen LogP contribution in [0.25, 0.3) is 0 Å². The first-order valence-corrected chi connectivity index (χ1v) is 6.64. The number of morpholine rings is 1. The van der Waals surface area contributed by atoms with Crippen LogP contribution in [0, 0.1) is 5.92 Å². The molecule has 0 radical (unpaired) electrons. The highest BCUT2D eigenvalue weighted by Gasteiger charge is 2.36. The molecule has 104 valence electrons. The highest BCUT2D eigenvalue weighted by molar-refractivity contribution is 5.35. The molecule has 2 unspecified atom stereocenters. The van der Waals surface area contributed by atoms with Crippen molar-refractivity contribution in [2.24, 2.45) is 5.92 Å². The minimum absolute atomic E-state index is 0.193. The summed E-state index contributed by atoms with van der Waals surface area (Å²) in [5, 5.41) is 3.32. The van der Waals surface area contributed by atoms with Crippen molar-refractivity contribution >= 4 is 0 Å². The summed E-state index contributed by atoms with van der Waals surface area (Å²) in [6.45, 7) is -1.33. The van der Waals surface area contributed by atoms with Crippen molar-refractivity contribution in [3.63, 3.8) is 0 Å². The lowest BCUT2D eigenvalue weighted by Crippen LogP contribution is -2.41. The molecule has 2 atom stereocenters. The standard InChI is InChI=1S/C14H17F2NO2/c15-14(16)19-11-4-2-1-3-10(11)13-8-17-7-12(18-13)9-5-6-9/h1-4,9,12-14,17H,5-8H2. The van der Waals surface area contributed by atoms with Crippen molar-refractivity contribution in [1.29, 1.82) is 0 Å². The van der Waals surface area contributed by atoms with Gasteiger partial charge in [0.1, 0.15) is 5.75 Å². The predicted octanol–water partition coefficient (Wildman–Crippen LogP) is 2.73. The molecule has 2 fully saturated rings. The van der Waals surface area contributed by atoms with Crippen molar-refractivity contribution in [2.45, 2.75) is 31.7 Å². The van der Waals surface area contributed by atoms with Crippen LogP contribution in [0.15, 0.2) is 24.3 Å². The van der Waals surface area contributed by atoms with Gasteiger partial charge in [0.25, 0.3) is 0 Å². The van der Waals surface area contributed by atoms with Crippen LogP contribution in [-0.2, 0) is 4.74 Å². The van der Waals surface area contributed by atoms with Gasteiger partial charge in [0.15, 0.2) is 0 Å². The molecule has 1 aromatic rings. The van der Waals surface area contributed by atoms with E-state index in [2.05, 4.69) is 10.1 Å². The molecule has 1 N–H and O–H groups in total. The summed E-state index contributed by atoms with van der Waals surface area (Å²) >= 11 is 0. The van der Waals surface area contributed by atoms with Gasteiger partial charge in [-0.1, -0.05) is 18.2 Å². The Morgan fingerprint density at radius 3 is 2.74 bits per heavy atom. The maximum atomic E-state index is 12.4. The Bertz CT molecular complexity index is 437. The van der Waals surface area contributed by atoms with Gasteiger partial charge in [-0.2, -0.15) is 8.78 Å². The number of ether oxygens (including phenoxy) is 2. The second-order valence-electron chi connectivity index (χ2n) is 5.08. The van der Waals surface area contributed by atoms with Gasteiger partial charge in [-0.3, -0.25) is 0 Å². The number of hydrogen-bond donors (Lipinski definition) is 1. The van der Waals surface area contributed by atoms with E-state index in [1.54, 1.807) is 18.2 Å². The average molecular weight is 269 g/mol. The van der Waals surface area contributed by atoms with Gasteiger partial charge in [-0.05, 0) is 24.8 Å². The quantitative estimate of drug-likeness (QED) is 0.911. The fraction of sp³-hybridized carbons (Fsp3) is 0.571. The summed E-state index contributed by atoms with van der Waals surface area (Å²) in [5.41, 5.74) is 0.695. The molecule has 1 aliphatic heterocycles. The van der Waals surface area contributed by atoms with E-state index in [-0.39, 0.29) is 18.0 Å². The van der Waals surface area contributed by atoms with Crippen LogP contribution >= 0.6 is 0 Å². The van der Waals surface area contributed by atoms with E-state index < -0.39 is 6.61 Å². The summed E-state index contributed by atoms with van der Waals surface area (Å²) < 4.78 is 35.4. The number of nitrogens with one attached hydrogen (secondary N) is 1. The van der Waals surface area contributed by atoms with Gasteiger partial charge in [-0.25, -0.2) is 0 Å². The molecule has 0 bridgehead atoms. The fourth-order valence-corrected chi connectivity index (χ4v) is 2.54. The van der Waals surface area contributed by atoms with Crippen molar-refractivity contribution in [3.8, 4) is 5.75 Å². The van der Waals surface area contributed by atoms with Crippen LogP contribution in [0.4, 0.5) is 8.78 Å². The first-order chi connectivity index (χ1) is 9.24. The molecule has 0 aromatic heterocycles. The van der Waals surface area contributed by atoms with E-state index in [0.29, 0.717) is 18.0 Å². The number of alkyl halides is 2. The van der Waals surface area contributed by atoms with Crippen LogP contribution in [0.5, 0.6) is 5.75 Å². The van der Waals surface area contributed by atoms with Gasteiger partial charge in [0.05, 0.1) is 12.2 Å². The van der Waals surface area contributed by atoms with E-state index >= 15 is 0 Å². The molecule has 3 nitrogen and oxygen atoms in total. The van der Waals surface area contributed by atoms with Crippen LogP contribution in [0.3, 0.4) is 0 Å². The van der Waals surface area contributed by atoms with Crippen LogP contribution in [0.2, 0.25) is 0 Å². The highest BCUT2D eigenvalue weighted by atomic mass is 19.3. The zero-order valence-electron chi connectivity index (χ0n) is 10.5. The molecule has 1 aliphatic carbocycles. The first kappa shape index (κ1) is 12.8. The van der Waals surface area contributed by atoms with Crippen LogP contribution in [-0.4, -0.2) is 25.8 Å². The fourth-order valence-electron chi connectivity index (χ4n) is 2.54. The topological polar surface area (TPSA) is 30.5 Å². The molecule has 3 rings (SSSR count). The lowest BCUT2D eigenvalue weighted by atomic mass is 10.1. The number of halogens is 2. The van der Waals surface area contributed by atoms with Crippen molar-refractivity contribution in [2.75, 3.05) is 13.1 Å². The Balaban J connectivity index is 1.76. The summed E-state index contributed by atoms with van der Waals surface area (Å²) in [6.07, 6.45) is 2.38. The summed E-state index contributed by atoms with van der Waals surface area (Å²) in [7, 11) is 0. The summed E-state index contributed by atoms with van der Waals surface area (Å²) in [4.78, 5) is 0. The minimum atomic E-state index is -2.81. The lowest BCUT2D eigenvalue weighted by Gasteiger charge is -2.32. The van der Waals surface area contributed by atoms with E-state index in [1.165, 1.54) is 12.8 Å². The highest BCUT2D eigenvalue weighted by Crippen LogP contribution is 2.39. The number of hydrogen-bond acceptors (Lipinski definition) is 3. The van der Waals surface area contributed by atoms with Gasteiger partial charge < -0.3 is 14.8 Å². The van der Waals surface area contributed by atoms with E-state index in [4.69, 9.17) is 4.74 Å². The molecule has 2 aliphatic rings. The summed E-state index contributed by atoms with van der Waals surface area (Å²) in [5.74, 6) is 0.833. The van der Waals surface area contributed by atoms with Crippen molar-refractivity contribution in [1.82, 2.24) is 5.32 Å². The first-order valence-electron chi connectivity index (χ1n) is 6.64.